The third kappa shape index (κ3) is 4.97. The number of alkyl halides is 3. The molecule has 0 saturated carbocycles. The van der Waals surface area contributed by atoms with Crippen molar-refractivity contribution in [2.75, 3.05) is 0 Å². The molecular formula is C13H15F3N4O. The molecule has 0 radical (unpaired) electrons. The Morgan fingerprint density at radius 3 is 2.10 bits per heavy atom. The van der Waals surface area contributed by atoms with Gasteiger partial charge in [-0.15, -0.1) is 0 Å². The molecule has 0 amide bonds. The molecule has 0 unspecified atom stereocenters. The van der Waals surface area contributed by atoms with E-state index in [0.717, 1.165) is 6.20 Å². The van der Waals surface area contributed by atoms with E-state index < -0.39 is 11.9 Å². The molecule has 5 nitrogen and oxygen atoms in total. The van der Waals surface area contributed by atoms with E-state index in [1.807, 2.05) is 13.8 Å². The number of rotatable bonds is 2. The molecular weight excluding hydrogens is 285 g/mol. The first-order chi connectivity index (χ1) is 9.84. The molecule has 2 aromatic rings. The largest absolute Gasteiger partial charge is 0.434 e. The summed E-state index contributed by atoms with van der Waals surface area (Å²) in [6, 6.07) is 1.55. The second-order valence-corrected chi connectivity index (χ2v) is 3.73. The summed E-state index contributed by atoms with van der Waals surface area (Å²) in [5, 5.41) is 0. The van der Waals surface area contributed by atoms with Crippen molar-refractivity contribution < 1.29 is 17.9 Å². The Morgan fingerprint density at radius 2 is 1.62 bits per heavy atom. The molecule has 21 heavy (non-hydrogen) atoms. The van der Waals surface area contributed by atoms with Crippen LogP contribution in [-0.2, 0) is 6.18 Å². The zero-order valence-corrected chi connectivity index (χ0v) is 12.1. The summed E-state index contributed by atoms with van der Waals surface area (Å²) in [6.45, 7) is 7.43. The van der Waals surface area contributed by atoms with Crippen LogP contribution in [0.3, 0.4) is 0 Å². The lowest BCUT2D eigenvalue weighted by atomic mass is 10.4. The van der Waals surface area contributed by atoms with Crippen molar-refractivity contribution in [2.24, 2.45) is 0 Å². The van der Waals surface area contributed by atoms with Crippen LogP contribution < -0.4 is 4.74 Å². The van der Waals surface area contributed by atoms with Gasteiger partial charge in [-0.25, -0.2) is 15.0 Å². The predicted octanol–water partition coefficient (Wildman–Crippen LogP) is 3.72. The molecule has 114 valence electrons. The number of hydrogen-bond donors (Lipinski definition) is 0. The first-order valence-corrected chi connectivity index (χ1v) is 6.24. The van der Waals surface area contributed by atoms with Crippen molar-refractivity contribution in [3.63, 3.8) is 0 Å². The van der Waals surface area contributed by atoms with Crippen LogP contribution in [0.1, 0.15) is 31.1 Å². The van der Waals surface area contributed by atoms with Crippen molar-refractivity contribution in [2.45, 2.75) is 33.9 Å². The highest BCUT2D eigenvalue weighted by atomic mass is 19.4. The molecule has 0 aliphatic rings. The molecule has 0 aromatic carbocycles. The summed E-state index contributed by atoms with van der Waals surface area (Å²) in [6.07, 6.45) is -3.01. The number of halogens is 3. The smallest absolute Gasteiger partial charge is 0.419 e. The standard InChI is InChI=1S/C11H9F3N4O.C2H6/c1-6-3-9(18-7(2)17-6)19-10-5-15-8(4-16-10)11(12,13)14;1-2/h3-5H,1-2H3;1-2H3. The molecule has 0 fully saturated rings. The van der Waals surface area contributed by atoms with E-state index in [1.165, 1.54) is 0 Å². The average Bonchev–Trinajstić information content (AvgIpc) is 2.39. The van der Waals surface area contributed by atoms with E-state index in [2.05, 4.69) is 19.9 Å². The van der Waals surface area contributed by atoms with Crippen molar-refractivity contribution >= 4 is 0 Å². The minimum absolute atomic E-state index is 0.0644. The molecule has 8 heteroatoms. The molecule has 2 rings (SSSR count). The third-order valence-electron chi connectivity index (χ3n) is 2.07. The van der Waals surface area contributed by atoms with Gasteiger partial charge in [0, 0.05) is 11.8 Å². The quantitative estimate of drug-likeness (QED) is 0.846. The maximum atomic E-state index is 12.3. The van der Waals surface area contributed by atoms with E-state index in [0.29, 0.717) is 17.7 Å². The molecule has 0 spiro atoms. The maximum Gasteiger partial charge on any atom is 0.434 e. The maximum absolute atomic E-state index is 12.3. The van der Waals surface area contributed by atoms with Crippen LogP contribution in [0.5, 0.6) is 11.8 Å². The zero-order chi connectivity index (χ0) is 16.0. The van der Waals surface area contributed by atoms with Gasteiger partial charge in [-0.3, -0.25) is 0 Å². The molecule has 2 aromatic heterocycles. The highest BCUT2D eigenvalue weighted by Gasteiger charge is 2.32. The predicted molar refractivity (Wildman–Crippen MR) is 70.0 cm³/mol. The lowest BCUT2D eigenvalue weighted by Gasteiger charge is -2.07. The average molecular weight is 300 g/mol. The summed E-state index contributed by atoms with van der Waals surface area (Å²) in [7, 11) is 0. The second-order valence-electron chi connectivity index (χ2n) is 3.73. The summed E-state index contributed by atoms with van der Waals surface area (Å²) in [4.78, 5) is 14.8. The van der Waals surface area contributed by atoms with Gasteiger partial charge in [0.15, 0.2) is 5.69 Å². The fraction of sp³-hybridized carbons (Fsp3) is 0.385. The monoisotopic (exact) mass is 300 g/mol. The molecule has 0 bridgehead atoms. The van der Waals surface area contributed by atoms with Crippen molar-refractivity contribution in [3.05, 3.63) is 35.7 Å². The van der Waals surface area contributed by atoms with Crippen LogP contribution in [-0.4, -0.2) is 19.9 Å². The van der Waals surface area contributed by atoms with E-state index in [4.69, 9.17) is 4.74 Å². The third-order valence-corrected chi connectivity index (χ3v) is 2.07. The van der Waals surface area contributed by atoms with Crippen LogP contribution in [0.2, 0.25) is 0 Å². The van der Waals surface area contributed by atoms with Crippen LogP contribution in [0.4, 0.5) is 13.2 Å². The fourth-order valence-electron chi connectivity index (χ4n) is 1.36. The summed E-state index contributed by atoms with van der Waals surface area (Å²) < 4.78 is 42.1. The molecule has 0 atom stereocenters. The number of nitrogens with zero attached hydrogens (tertiary/aromatic N) is 4. The van der Waals surface area contributed by atoms with Gasteiger partial charge in [0.1, 0.15) is 5.82 Å². The zero-order valence-electron chi connectivity index (χ0n) is 12.1. The van der Waals surface area contributed by atoms with Gasteiger partial charge >= 0.3 is 6.18 Å². The minimum atomic E-state index is -4.52. The van der Waals surface area contributed by atoms with Gasteiger partial charge in [0.25, 0.3) is 0 Å². The normalized spacial score (nSPS) is 10.6. The number of aryl methyl sites for hydroxylation is 2. The van der Waals surface area contributed by atoms with Crippen molar-refractivity contribution in [1.82, 2.24) is 19.9 Å². The summed E-state index contributed by atoms with van der Waals surface area (Å²) in [5.74, 6) is 0.638. The Balaban J connectivity index is 0.00000106. The number of aromatic nitrogens is 4. The van der Waals surface area contributed by atoms with Gasteiger partial charge in [-0.1, -0.05) is 13.8 Å². The first kappa shape index (κ1) is 16.8. The Morgan fingerprint density at radius 1 is 0.952 bits per heavy atom. The van der Waals surface area contributed by atoms with Gasteiger partial charge in [-0.2, -0.15) is 18.2 Å². The van der Waals surface area contributed by atoms with Crippen molar-refractivity contribution in [3.8, 4) is 11.8 Å². The highest BCUT2D eigenvalue weighted by molar-refractivity contribution is 5.20. The van der Waals surface area contributed by atoms with Gasteiger partial charge in [-0.05, 0) is 13.8 Å². The Labute approximate surface area is 120 Å². The number of ether oxygens (including phenoxy) is 1. The molecule has 0 aliphatic carbocycles. The van der Waals surface area contributed by atoms with Gasteiger partial charge < -0.3 is 4.74 Å². The van der Waals surface area contributed by atoms with Crippen LogP contribution in [0.15, 0.2) is 18.5 Å². The molecule has 0 N–H and O–H groups in total. The topological polar surface area (TPSA) is 60.8 Å². The van der Waals surface area contributed by atoms with E-state index in [-0.39, 0.29) is 11.8 Å². The van der Waals surface area contributed by atoms with Gasteiger partial charge in [0.05, 0.1) is 12.4 Å². The second kappa shape index (κ2) is 6.96. The van der Waals surface area contributed by atoms with E-state index in [1.54, 1.807) is 19.9 Å². The summed E-state index contributed by atoms with van der Waals surface area (Å²) >= 11 is 0. The van der Waals surface area contributed by atoms with E-state index >= 15 is 0 Å². The first-order valence-electron chi connectivity index (χ1n) is 6.24. The molecule has 0 aliphatic heterocycles. The minimum Gasteiger partial charge on any atom is -0.419 e. The van der Waals surface area contributed by atoms with Gasteiger partial charge in [0.2, 0.25) is 11.8 Å². The van der Waals surface area contributed by atoms with Crippen LogP contribution >= 0.6 is 0 Å². The number of hydrogen-bond acceptors (Lipinski definition) is 5. The Kier molecular flexibility index (Phi) is 5.57. The highest BCUT2D eigenvalue weighted by Crippen LogP contribution is 2.27. The van der Waals surface area contributed by atoms with E-state index in [9.17, 15) is 13.2 Å². The van der Waals surface area contributed by atoms with Crippen LogP contribution in [0.25, 0.3) is 0 Å². The Hall–Kier alpha value is -2.25. The molecule has 0 saturated heterocycles. The van der Waals surface area contributed by atoms with Crippen LogP contribution in [0, 0.1) is 13.8 Å². The lowest BCUT2D eigenvalue weighted by Crippen LogP contribution is -2.08. The fourth-order valence-corrected chi connectivity index (χ4v) is 1.36. The Bertz CT molecular complexity index is 565. The SMILES string of the molecule is CC.Cc1cc(Oc2cnc(C(F)(F)F)cn2)nc(C)n1. The molecule has 2 heterocycles. The van der Waals surface area contributed by atoms with Crippen molar-refractivity contribution in [1.29, 1.82) is 0 Å². The summed E-state index contributed by atoms with van der Waals surface area (Å²) in [5.41, 5.74) is -0.391. The lowest BCUT2D eigenvalue weighted by molar-refractivity contribution is -0.141.